The molecule has 0 radical (unpaired) electrons. The second-order valence-electron chi connectivity index (χ2n) is 6.66. The maximum absolute atomic E-state index is 12.9. The first-order valence-electron chi connectivity index (χ1n) is 9.80. The van der Waals surface area contributed by atoms with Crippen molar-refractivity contribution in [1.29, 1.82) is 0 Å². The minimum Gasteiger partial charge on any atom is -0.493 e. The number of ether oxygens (including phenoxy) is 1. The van der Waals surface area contributed by atoms with Crippen molar-refractivity contribution in [2.24, 2.45) is 0 Å². The number of carbonyl (C=O) groups excluding carboxylic acids is 1. The number of thioether (sulfide) groups is 1. The Bertz CT molecular complexity index is 1150. The first-order chi connectivity index (χ1) is 15.7. The van der Waals surface area contributed by atoms with Gasteiger partial charge in [0.05, 0.1) is 34.2 Å². The van der Waals surface area contributed by atoms with E-state index in [2.05, 4.69) is 22.1 Å². The lowest BCUT2D eigenvalue weighted by Crippen LogP contribution is -2.16. The van der Waals surface area contributed by atoms with Crippen LogP contribution in [0.3, 0.4) is 0 Å². The van der Waals surface area contributed by atoms with E-state index in [-0.39, 0.29) is 16.5 Å². The summed E-state index contributed by atoms with van der Waals surface area (Å²) >= 11 is 7.04. The van der Waals surface area contributed by atoms with E-state index in [9.17, 15) is 18.0 Å². The molecule has 3 rings (SSSR count). The predicted octanol–water partition coefficient (Wildman–Crippen LogP) is 5.93. The molecule has 0 aliphatic carbocycles. The summed E-state index contributed by atoms with van der Waals surface area (Å²) in [5, 5.41) is 11.3. The Kier molecular flexibility index (Phi) is 8.04. The number of nitrogens with one attached hydrogen (secondary N) is 1. The van der Waals surface area contributed by atoms with Gasteiger partial charge in [-0.2, -0.15) is 13.2 Å². The summed E-state index contributed by atoms with van der Waals surface area (Å²) in [5.41, 5.74) is -0.282. The molecule has 33 heavy (non-hydrogen) atoms. The van der Waals surface area contributed by atoms with Crippen LogP contribution in [0.4, 0.5) is 18.9 Å². The van der Waals surface area contributed by atoms with Crippen molar-refractivity contribution in [3.63, 3.8) is 0 Å². The van der Waals surface area contributed by atoms with E-state index in [0.29, 0.717) is 29.9 Å². The fourth-order valence-electron chi connectivity index (χ4n) is 2.93. The second-order valence-corrected chi connectivity index (χ2v) is 8.01. The summed E-state index contributed by atoms with van der Waals surface area (Å²) in [4.78, 5) is 12.4. The van der Waals surface area contributed by atoms with Crippen molar-refractivity contribution in [3.8, 4) is 17.1 Å². The fraction of sp³-hybridized carbons (Fsp3) is 0.227. The molecule has 1 aromatic heterocycles. The lowest BCUT2D eigenvalue weighted by atomic mass is 10.2. The van der Waals surface area contributed by atoms with Gasteiger partial charge in [-0.1, -0.05) is 41.6 Å². The van der Waals surface area contributed by atoms with Crippen molar-refractivity contribution < 1.29 is 22.7 Å². The molecule has 2 aromatic carbocycles. The molecule has 174 valence electrons. The van der Waals surface area contributed by atoms with Crippen molar-refractivity contribution in [1.82, 2.24) is 14.8 Å². The van der Waals surface area contributed by atoms with Gasteiger partial charge in [-0.3, -0.25) is 9.36 Å². The molecule has 6 nitrogen and oxygen atoms in total. The van der Waals surface area contributed by atoms with E-state index in [1.807, 2.05) is 31.2 Å². The second kappa shape index (κ2) is 10.8. The lowest BCUT2D eigenvalue weighted by Gasteiger charge is -2.12. The van der Waals surface area contributed by atoms with Crippen molar-refractivity contribution in [2.45, 2.75) is 24.8 Å². The highest BCUT2D eigenvalue weighted by Crippen LogP contribution is 2.34. The van der Waals surface area contributed by atoms with Crippen LogP contribution in [0.25, 0.3) is 11.4 Å². The lowest BCUT2D eigenvalue weighted by molar-refractivity contribution is -0.137. The monoisotopic (exact) mass is 496 g/mol. The molecule has 11 heteroatoms. The van der Waals surface area contributed by atoms with E-state index >= 15 is 0 Å². The van der Waals surface area contributed by atoms with Gasteiger partial charge in [0.1, 0.15) is 5.75 Å². The number of aromatic nitrogens is 3. The number of hydrogen-bond donors (Lipinski definition) is 1. The molecule has 0 spiro atoms. The van der Waals surface area contributed by atoms with Gasteiger partial charge in [-0.15, -0.1) is 16.8 Å². The number of amides is 1. The molecule has 3 aromatic rings. The average molecular weight is 497 g/mol. The predicted molar refractivity (Wildman–Crippen MR) is 123 cm³/mol. The highest BCUT2D eigenvalue weighted by molar-refractivity contribution is 7.99. The number of alkyl halides is 3. The molecule has 0 fully saturated rings. The molecule has 0 saturated carbocycles. The summed E-state index contributed by atoms with van der Waals surface area (Å²) in [5.74, 6) is 0.536. The van der Waals surface area contributed by atoms with Gasteiger partial charge in [0.15, 0.2) is 11.0 Å². The summed E-state index contributed by atoms with van der Waals surface area (Å²) in [7, 11) is 0. The zero-order valence-electron chi connectivity index (χ0n) is 17.5. The van der Waals surface area contributed by atoms with E-state index in [1.165, 1.54) is 0 Å². The van der Waals surface area contributed by atoms with Crippen LogP contribution in [0.1, 0.15) is 12.5 Å². The Morgan fingerprint density at radius 1 is 1.27 bits per heavy atom. The van der Waals surface area contributed by atoms with Gasteiger partial charge in [0.25, 0.3) is 0 Å². The number of carbonyl (C=O) groups is 1. The largest absolute Gasteiger partial charge is 0.493 e. The summed E-state index contributed by atoms with van der Waals surface area (Å²) in [6.45, 7) is 6.49. The molecule has 1 N–H and O–H groups in total. The van der Waals surface area contributed by atoms with Gasteiger partial charge in [0.2, 0.25) is 5.91 Å². The van der Waals surface area contributed by atoms with Crippen LogP contribution < -0.4 is 10.1 Å². The molecule has 0 atom stereocenters. The minimum atomic E-state index is -4.55. The standard InChI is InChI=1S/C22H20ClF3N4O2S/c1-3-11-30-20(15-7-5-6-8-18(15)32-4-2)28-29-21(30)33-13-19(31)27-17-12-14(22(24,25)26)9-10-16(17)23/h3,5-10,12H,1,4,11,13H2,2H3,(H,27,31). The number of hydrogen-bond acceptors (Lipinski definition) is 5. The molecule has 1 heterocycles. The third kappa shape index (κ3) is 6.08. The van der Waals surface area contributed by atoms with E-state index in [0.717, 1.165) is 35.5 Å². The topological polar surface area (TPSA) is 69.0 Å². The number of para-hydroxylation sites is 1. The maximum Gasteiger partial charge on any atom is 0.416 e. The minimum absolute atomic E-state index is 0.00555. The number of nitrogens with zero attached hydrogens (tertiary/aromatic N) is 3. The van der Waals surface area contributed by atoms with Crippen LogP contribution >= 0.6 is 23.4 Å². The third-order valence-electron chi connectivity index (χ3n) is 4.36. The molecule has 0 saturated heterocycles. The SMILES string of the molecule is C=CCn1c(SCC(=O)Nc2cc(C(F)(F)F)ccc2Cl)nnc1-c1ccccc1OCC. The van der Waals surface area contributed by atoms with E-state index < -0.39 is 17.6 Å². The molecule has 0 bridgehead atoms. The Balaban J connectivity index is 1.77. The van der Waals surface area contributed by atoms with E-state index in [1.54, 1.807) is 10.6 Å². The highest BCUT2D eigenvalue weighted by atomic mass is 35.5. The van der Waals surface area contributed by atoms with Crippen LogP contribution in [0, 0.1) is 0 Å². The Morgan fingerprint density at radius 3 is 2.73 bits per heavy atom. The van der Waals surface area contributed by atoms with E-state index in [4.69, 9.17) is 16.3 Å². The van der Waals surface area contributed by atoms with Crippen molar-refractivity contribution in [2.75, 3.05) is 17.7 Å². The molecule has 0 aliphatic heterocycles. The zero-order chi connectivity index (χ0) is 24.0. The molecular formula is C22H20ClF3N4O2S. The van der Waals surface area contributed by atoms with Gasteiger partial charge >= 0.3 is 6.18 Å². The Labute approximate surface area is 197 Å². The third-order valence-corrected chi connectivity index (χ3v) is 5.65. The van der Waals surface area contributed by atoms with Crippen LogP contribution in [-0.2, 0) is 17.5 Å². The van der Waals surface area contributed by atoms with Gasteiger partial charge in [0, 0.05) is 6.54 Å². The Hall–Kier alpha value is -2.98. The number of anilines is 1. The number of allylic oxidation sites excluding steroid dienone is 1. The first-order valence-corrected chi connectivity index (χ1v) is 11.2. The van der Waals surface area contributed by atoms with Crippen LogP contribution in [0.15, 0.2) is 60.3 Å². The maximum atomic E-state index is 12.9. The average Bonchev–Trinajstić information content (AvgIpc) is 3.16. The van der Waals surface area contributed by atoms with Crippen LogP contribution in [0.2, 0.25) is 5.02 Å². The number of benzene rings is 2. The number of rotatable bonds is 9. The van der Waals surface area contributed by atoms with Crippen molar-refractivity contribution in [3.05, 3.63) is 65.7 Å². The van der Waals surface area contributed by atoms with Crippen molar-refractivity contribution >= 4 is 35.0 Å². The molecule has 1 amide bonds. The quantitative estimate of drug-likeness (QED) is 0.293. The van der Waals surface area contributed by atoms with Gasteiger partial charge in [-0.05, 0) is 37.3 Å². The summed E-state index contributed by atoms with van der Waals surface area (Å²) in [6, 6.07) is 10.1. The molecule has 0 unspecified atom stereocenters. The first kappa shape index (κ1) is 24.7. The van der Waals surface area contributed by atoms with Crippen LogP contribution in [-0.4, -0.2) is 33.0 Å². The van der Waals surface area contributed by atoms with Gasteiger partial charge < -0.3 is 10.1 Å². The van der Waals surface area contributed by atoms with Crippen LogP contribution in [0.5, 0.6) is 5.75 Å². The normalized spacial score (nSPS) is 11.3. The summed E-state index contributed by atoms with van der Waals surface area (Å²) in [6.07, 6.45) is -2.88. The smallest absolute Gasteiger partial charge is 0.416 e. The summed E-state index contributed by atoms with van der Waals surface area (Å²) < 4.78 is 46.3. The molecule has 0 aliphatic rings. The number of halogens is 4. The Morgan fingerprint density at radius 2 is 2.03 bits per heavy atom. The highest BCUT2D eigenvalue weighted by Gasteiger charge is 2.31. The van der Waals surface area contributed by atoms with Gasteiger partial charge in [-0.25, -0.2) is 0 Å². The zero-order valence-corrected chi connectivity index (χ0v) is 19.1. The fourth-order valence-corrected chi connectivity index (χ4v) is 3.85. The molecular weight excluding hydrogens is 477 g/mol.